The molecule has 216 valence electrons. The minimum atomic E-state index is -1.20. The van der Waals surface area contributed by atoms with E-state index in [2.05, 4.69) is 10.6 Å². The van der Waals surface area contributed by atoms with Crippen LogP contribution in [0.5, 0.6) is 5.75 Å². The maximum absolute atomic E-state index is 13.4. The predicted octanol–water partition coefficient (Wildman–Crippen LogP) is 4.64. The molecule has 0 bridgehead atoms. The molecule has 3 atom stereocenters. The van der Waals surface area contributed by atoms with E-state index in [1.807, 2.05) is 67.0 Å². The number of fused-ring (bicyclic) bond motifs is 1. The van der Waals surface area contributed by atoms with Crippen molar-refractivity contribution in [3.8, 4) is 17.0 Å². The van der Waals surface area contributed by atoms with E-state index >= 15 is 0 Å². The summed E-state index contributed by atoms with van der Waals surface area (Å²) < 4.78 is 7.53. The van der Waals surface area contributed by atoms with Crippen molar-refractivity contribution in [2.45, 2.75) is 58.5 Å². The molecule has 4 rings (SSSR count). The zero-order valence-electron chi connectivity index (χ0n) is 23.7. The SMILES string of the molecule is CC(C)Oc1ccc(C(=O)N[C@](C)(CNC(=O)[C@@H](C)O)c2ccc(-c3cn4cccc(C(C)O)c4n3)cc2)cc1Cl. The van der Waals surface area contributed by atoms with Crippen LogP contribution in [0.2, 0.25) is 5.02 Å². The van der Waals surface area contributed by atoms with Crippen LogP contribution < -0.4 is 15.4 Å². The van der Waals surface area contributed by atoms with E-state index < -0.39 is 29.6 Å². The second-order valence-electron chi connectivity index (χ2n) is 10.6. The van der Waals surface area contributed by atoms with Crippen LogP contribution in [0.4, 0.5) is 0 Å². The number of nitrogens with zero attached hydrogens (tertiary/aromatic N) is 2. The van der Waals surface area contributed by atoms with Gasteiger partial charge in [0.15, 0.2) is 0 Å². The summed E-state index contributed by atoms with van der Waals surface area (Å²) >= 11 is 6.36. The number of aromatic nitrogens is 2. The van der Waals surface area contributed by atoms with Crippen molar-refractivity contribution < 1.29 is 24.5 Å². The number of aliphatic hydroxyl groups excluding tert-OH is 2. The van der Waals surface area contributed by atoms with Crippen LogP contribution in [0.25, 0.3) is 16.9 Å². The number of nitrogens with one attached hydrogen (secondary N) is 2. The van der Waals surface area contributed by atoms with E-state index in [0.717, 1.165) is 22.4 Å². The normalized spacial score (nSPS) is 14.4. The molecule has 10 heteroatoms. The number of halogens is 1. The van der Waals surface area contributed by atoms with Gasteiger partial charge in [0.1, 0.15) is 17.5 Å². The number of carbonyl (C=O) groups is 2. The molecule has 0 spiro atoms. The molecule has 4 N–H and O–H groups in total. The second-order valence-corrected chi connectivity index (χ2v) is 11.0. The van der Waals surface area contributed by atoms with Gasteiger partial charge in [-0.25, -0.2) is 4.98 Å². The van der Waals surface area contributed by atoms with Crippen molar-refractivity contribution in [1.29, 1.82) is 0 Å². The number of ether oxygens (including phenoxy) is 1. The van der Waals surface area contributed by atoms with Crippen molar-refractivity contribution in [2.75, 3.05) is 6.54 Å². The molecule has 0 aliphatic carbocycles. The van der Waals surface area contributed by atoms with Gasteiger partial charge in [0, 0.05) is 35.6 Å². The fourth-order valence-electron chi connectivity index (χ4n) is 4.45. The Labute approximate surface area is 244 Å². The highest BCUT2D eigenvalue weighted by atomic mass is 35.5. The van der Waals surface area contributed by atoms with Crippen molar-refractivity contribution in [2.24, 2.45) is 0 Å². The van der Waals surface area contributed by atoms with Crippen molar-refractivity contribution >= 4 is 29.1 Å². The first-order valence-corrected chi connectivity index (χ1v) is 13.8. The highest BCUT2D eigenvalue weighted by molar-refractivity contribution is 6.32. The topological polar surface area (TPSA) is 125 Å². The number of hydrogen-bond donors (Lipinski definition) is 4. The Kier molecular flexibility index (Phi) is 9.01. The number of aliphatic hydroxyl groups is 2. The van der Waals surface area contributed by atoms with Gasteiger partial charge in [-0.1, -0.05) is 41.9 Å². The number of carbonyl (C=O) groups excluding carboxylic acids is 2. The molecule has 2 aromatic heterocycles. The summed E-state index contributed by atoms with van der Waals surface area (Å²) in [5.41, 5.74) is 2.96. The maximum atomic E-state index is 13.4. The first-order valence-electron chi connectivity index (χ1n) is 13.4. The molecular formula is C31H35ClN4O5. The lowest BCUT2D eigenvalue weighted by atomic mass is 9.90. The lowest BCUT2D eigenvalue weighted by molar-refractivity contribution is -0.128. The van der Waals surface area contributed by atoms with Gasteiger partial charge in [-0.2, -0.15) is 0 Å². The van der Waals surface area contributed by atoms with Gasteiger partial charge in [0.2, 0.25) is 5.91 Å². The number of benzene rings is 2. The number of rotatable bonds is 10. The largest absolute Gasteiger partial charge is 0.489 e. The van der Waals surface area contributed by atoms with E-state index in [9.17, 15) is 19.8 Å². The van der Waals surface area contributed by atoms with E-state index in [4.69, 9.17) is 21.3 Å². The molecule has 2 aromatic carbocycles. The van der Waals surface area contributed by atoms with Gasteiger partial charge in [-0.05, 0) is 64.4 Å². The van der Waals surface area contributed by atoms with Gasteiger partial charge in [-0.3, -0.25) is 9.59 Å². The van der Waals surface area contributed by atoms with Crippen LogP contribution in [-0.2, 0) is 10.3 Å². The molecule has 4 aromatic rings. The van der Waals surface area contributed by atoms with E-state index in [1.54, 1.807) is 26.0 Å². The first kappa shape index (κ1) is 30.0. The summed E-state index contributed by atoms with van der Waals surface area (Å²) in [5.74, 6) is -0.473. The van der Waals surface area contributed by atoms with Crippen LogP contribution in [0.3, 0.4) is 0 Å². The highest BCUT2D eigenvalue weighted by Gasteiger charge is 2.31. The number of amides is 2. The number of hydrogen-bond acceptors (Lipinski definition) is 6. The van der Waals surface area contributed by atoms with Crippen molar-refractivity contribution in [3.63, 3.8) is 0 Å². The predicted molar refractivity (Wildman–Crippen MR) is 158 cm³/mol. The van der Waals surface area contributed by atoms with Gasteiger partial charge in [-0.15, -0.1) is 0 Å². The van der Waals surface area contributed by atoms with Crippen LogP contribution in [0.15, 0.2) is 67.0 Å². The average molecular weight is 579 g/mol. The number of pyridine rings is 1. The zero-order valence-corrected chi connectivity index (χ0v) is 24.4. The third kappa shape index (κ3) is 6.87. The Bertz CT molecular complexity index is 1550. The first-order chi connectivity index (χ1) is 19.4. The summed E-state index contributed by atoms with van der Waals surface area (Å²) in [6.07, 6.45) is 1.82. The van der Waals surface area contributed by atoms with Gasteiger partial charge < -0.3 is 30.0 Å². The highest BCUT2D eigenvalue weighted by Crippen LogP contribution is 2.29. The summed E-state index contributed by atoms with van der Waals surface area (Å²) in [4.78, 5) is 30.3. The Morgan fingerprint density at radius 1 is 1.07 bits per heavy atom. The lowest BCUT2D eigenvalue weighted by Gasteiger charge is -2.32. The van der Waals surface area contributed by atoms with E-state index in [0.29, 0.717) is 22.0 Å². The van der Waals surface area contributed by atoms with Crippen LogP contribution in [-0.4, -0.2) is 50.2 Å². The Morgan fingerprint density at radius 2 is 1.78 bits per heavy atom. The summed E-state index contributed by atoms with van der Waals surface area (Å²) in [6.45, 7) is 8.66. The minimum absolute atomic E-state index is 0.0240. The van der Waals surface area contributed by atoms with Crippen molar-refractivity contribution in [3.05, 3.63) is 88.7 Å². The third-order valence-electron chi connectivity index (χ3n) is 6.72. The lowest BCUT2D eigenvalue weighted by Crippen LogP contribution is -2.52. The fraction of sp³-hybridized carbons (Fsp3) is 0.323. The molecule has 9 nitrogen and oxygen atoms in total. The maximum Gasteiger partial charge on any atom is 0.252 e. The average Bonchev–Trinajstić information content (AvgIpc) is 3.37. The smallest absolute Gasteiger partial charge is 0.252 e. The Hall–Kier alpha value is -3.92. The molecule has 41 heavy (non-hydrogen) atoms. The molecule has 0 aliphatic rings. The fourth-order valence-corrected chi connectivity index (χ4v) is 4.68. The van der Waals surface area contributed by atoms with Gasteiger partial charge in [0.25, 0.3) is 5.91 Å². The molecule has 0 radical (unpaired) electrons. The van der Waals surface area contributed by atoms with Crippen LogP contribution >= 0.6 is 11.6 Å². The minimum Gasteiger partial charge on any atom is -0.489 e. The molecule has 0 fully saturated rings. The van der Waals surface area contributed by atoms with E-state index in [1.165, 1.54) is 13.0 Å². The summed E-state index contributed by atoms with van der Waals surface area (Å²) in [6, 6.07) is 16.0. The van der Waals surface area contributed by atoms with Crippen LogP contribution in [0, 0.1) is 0 Å². The van der Waals surface area contributed by atoms with Gasteiger partial charge >= 0.3 is 0 Å². The summed E-state index contributed by atoms with van der Waals surface area (Å²) in [7, 11) is 0. The van der Waals surface area contributed by atoms with Crippen molar-refractivity contribution in [1.82, 2.24) is 20.0 Å². The quantitative estimate of drug-likeness (QED) is 0.217. The second kappa shape index (κ2) is 12.3. The molecule has 0 saturated carbocycles. The molecule has 0 aliphatic heterocycles. The molecule has 2 amide bonds. The molecule has 2 heterocycles. The Balaban J connectivity index is 1.63. The zero-order chi connectivity index (χ0) is 29.9. The Morgan fingerprint density at radius 3 is 2.39 bits per heavy atom. The monoisotopic (exact) mass is 578 g/mol. The molecule has 1 unspecified atom stereocenters. The van der Waals surface area contributed by atoms with Crippen LogP contribution in [0.1, 0.15) is 62.2 Å². The molecular weight excluding hydrogens is 544 g/mol. The van der Waals surface area contributed by atoms with Gasteiger partial charge in [0.05, 0.1) is 28.5 Å². The number of imidazole rings is 1. The molecule has 0 saturated heterocycles. The summed E-state index contributed by atoms with van der Waals surface area (Å²) in [5, 5.41) is 25.9. The van der Waals surface area contributed by atoms with E-state index in [-0.39, 0.29) is 12.6 Å². The standard InChI is InChI=1S/C31H35ClN4O5/c1-18(2)41-27-13-10-22(15-25(27)32)30(40)35-31(5,17-33-29(39)20(4)38)23-11-8-21(9-12-23)26-16-36-14-6-7-24(19(3)37)28(36)34-26/h6-16,18-20,37-38H,17H2,1-5H3,(H,33,39)(H,35,40)/t19?,20-,31-/m1/s1. The third-order valence-corrected chi connectivity index (χ3v) is 7.02.